The summed E-state index contributed by atoms with van der Waals surface area (Å²) in [5.74, 6) is 1.86. The van der Waals surface area contributed by atoms with Crippen molar-refractivity contribution in [3.05, 3.63) is 28.2 Å². The van der Waals surface area contributed by atoms with E-state index in [4.69, 9.17) is 4.74 Å². The average molecular weight is 340 g/mol. The first-order chi connectivity index (χ1) is 9.69. The van der Waals surface area contributed by atoms with Crippen LogP contribution in [0.2, 0.25) is 0 Å². The molecule has 0 aromatic heterocycles. The van der Waals surface area contributed by atoms with Gasteiger partial charge >= 0.3 is 0 Å². The summed E-state index contributed by atoms with van der Waals surface area (Å²) in [6.07, 6.45) is 4.68. The summed E-state index contributed by atoms with van der Waals surface area (Å²) in [4.78, 5) is 12.1. The number of methoxy groups -OCH3 is 1. The van der Waals surface area contributed by atoms with Crippen LogP contribution in [0.1, 0.15) is 31.2 Å². The molecule has 0 radical (unpaired) electrons. The van der Waals surface area contributed by atoms with Crippen LogP contribution in [0.25, 0.3) is 0 Å². The van der Waals surface area contributed by atoms with Crippen molar-refractivity contribution in [2.24, 2.45) is 5.92 Å². The zero-order valence-electron chi connectivity index (χ0n) is 12.0. The number of hydrogen-bond donors (Lipinski definition) is 1. The van der Waals surface area contributed by atoms with Crippen molar-refractivity contribution >= 4 is 21.7 Å². The fraction of sp³-hybridized carbons (Fsp3) is 0.562. The first-order valence-corrected chi connectivity index (χ1v) is 8.03. The van der Waals surface area contributed by atoms with Gasteiger partial charge in [0.05, 0.1) is 11.6 Å². The number of Topliss-reactive ketones (excluding diaryl/α,β-unsaturated/α-hetero) is 1. The lowest BCUT2D eigenvalue weighted by Gasteiger charge is -2.22. The molecular formula is C16H22BrNO2. The number of benzene rings is 1. The predicted octanol–water partition coefficient (Wildman–Crippen LogP) is 3.35. The summed E-state index contributed by atoms with van der Waals surface area (Å²) in [5.41, 5.74) is 1.05. The van der Waals surface area contributed by atoms with Crippen molar-refractivity contribution in [2.75, 3.05) is 20.2 Å². The van der Waals surface area contributed by atoms with E-state index in [-0.39, 0.29) is 0 Å². The molecule has 1 fully saturated rings. The van der Waals surface area contributed by atoms with E-state index < -0.39 is 0 Å². The SMILES string of the molecule is COc1ccc(CC(=O)CCC2CCNCC2)cc1Br. The molecule has 110 valence electrons. The summed E-state index contributed by atoms with van der Waals surface area (Å²) >= 11 is 3.46. The van der Waals surface area contributed by atoms with E-state index in [0.717, 1.165) is 41.2 Å². The molecule has 20 heavy (non-hydrogen) atoms. The molecule has 1 N–H and O–H groups in total. The van der Waals surface area contributed by atoms with Crippen LogP contribution in [-0.2, 0) is 11.2 Å². The average Bonchev–Trinajstić information content (AvgIpc) is 2.46. The molecule has 0 amide bonds. The molecule has 4 heteroatoms. The third-order valence-corrected chi connectivity index (χ3v) is 4.53. The van der Waals surface area contributed by atoms with E-state index in [1.807, 2.05) is 18.2 Å². The lowest BCUT2D eigenvalue weighted by atomic mass is 9.91. The van der Waals surface area contributed by atoms with Crippen molar-refractivity contribution in [1.82, 2.24) is 5.32 Å². The molecule has 0 bridgehead atoms. The molecule has 1 heterocycles. The van der Waals surface area contributed by atoms with Crippen LogP contribution in [0, 0.1) is 5.92 Å². The third-order valence-electron chi connectivity index (χ3n) is 3.91. The Morgan fingerprint density at radius 1 is 1.40 bits per heavy atom. The quantitative estimate of drug-likeness (QED) is 0.863. The number of carbonyl (C=O) groups excluding carboxylic acids is 1. The summed E-state index contributed by atoms with van der Waals surface area (Å²) < 4.78 is 6.10. The van der Waals surface area contributed by atoms with Crippen LogP contribution in [0.3, 0.4) is 0 Å². The van der Waals surface area contributed by atoms with Crippen molar-refractivity contribution in [3.63, 3.8) is 0 Å². The Morgan fingerprint density at radius 2 is 2.15 bits per heavy atom. The summed E-state index contributed by atoms with van der Waals surface area (Å²) in [5, 5.41) is 3.36. The minimum Gasteiger partial charge on any atom is -0.496 e. The Morgan fingerprint density at radius 3 is 2.80 bits per heavy atom. The van der Waals surface area contributed by atoms with Crippen LogP contribution in [0.15, 0.2) is 22.7 Å². The fourth-order valence-corrected chi connectivity index (χ4v) is 3.26. The molecule has 0 aliphatic carbocycles. The van der Waals surface area contributed by atoms with Gasteiger partial charge in [-0.25, -0.2) is 0 Å². The topological polar surface area (TPSA) is 38.3 Å². The second kappa shape index (κ2) is 7.79. The van der Waals surface area contributed by atoms with Gasteiger partial charge in [-0.1, -0.05) is 6.07 Å². The van der Waals surface area contributed by atoms with Gasteiger partial charge in [0, 0.05) is 12.8 Å². The molecule has 1 aliphatic rings. The number of halogens is 1. The summed E-state index contributed by atoms with van der Waals surface area (Å²) in [6, 6.07) is 5.84. The molecule has 0 spiro atoms. The van der Waals surface area contributed by atoms with Gasteiger partial charge in [-0.3, -0.25) is 4.79 Å². The van der Waals surface area contributed by atoms with Crippen molar-refractivity contribution in [3.8, 4) is 5.75 Å². The van der Waals surface area contributed by atoms with Gasteiger partial charge < -0.3 is 10.1 Å². The van der Waals surface area contributed by atoms with Gasteiger partial charge in [0.2, 0.25) is 0 Å². The van der Waals surface area contributed by atoms with E-state index in [0.29, 0.717) is 18.6 Å². The number of rotatable bonds is 6. The van der Waals surface area contributed by atoms with E-state index in [1.54, 1.807) is 7.11 Å². The van der Waals surface area contributed by atoms with E-state index >= 15 is 0 Å². The molecule has 0 saturated carbocycles. The number of piperidine rings is 1. The van der Waals surface area contributed by atoms with Crippen LogP contribution in [-0.4, -0.2) is 26.0 Å². The number of ether oxygens (including phenoxy) is 1. The highest BCUT2D eigenvalue weighted by Gasteiger charge is 2.15. The standard InChI is InChI=1S/C16H22BrNO2/c1-20-16-5-3-13(11-15(16)17)10-14(19)4-2-12-6-8-18-9-7-12/h3,5,11-12,18H,2,4,6-10H2,1H3. The first-order valence-electron chi connectivity index (χ1n) is 7.24. The smallest absolute Gasteiger partial charge is 0.137 e. The molecule has 1 aromatic carbocycles. The van der Waals surface area contributed by atoms with Gasteiger partial charge in [0.1, 0.15) is 11.5 Å². The van der Waals surface area contributed by atoms with Crippen molar-refractivity contribution < 1.29 is 9.53 Å². The minimum atomic E-state index is 0.334. The van der Waals surface area contributed by atoms with Gasteiger partial charge in [0.25, 0.3) is 0 Å². The molecule has 1 aliphatic heterocycles. The maximum Gasteiger partial charge on any atom is 0.137 e. The fourth-order valence-electron chi connectivity index (χ4n) is 2.67. The lowest BCUT2D eigenvalue weighted by molar-refractivity contribution is -0.118. The number of hydrogen-bond acceptors (Lipinski definition) is 3. The van der Waals surface area contributed by atoms with Gasteiger partial charge in [-0.05, 0) is 71.9 Å². The normalized spacial score (nSPS) is 16.1. The van der Waals surface area contributed by atoms with Gasteiger partial charge in [0.15, 0.2) is 0 Å². The molecule has 3 nitrogen and oxygen atoms in total. The molecule has 0 atom stereocenters. The zero-order valence-corrected chi connectivity index (χ0v) is 13.5. The second-order valence-corrected chi connectivity index (χ2v) is 6.27. The van der Waals surface area contributed by atoms with Crippen LogP contribution < -0.4 is 10.1 Å². The van der Waals surface area contributed by atoms with Crippen molar-refractivity contribution in [1.29, 1.82) is 0 Å². The van der Waals surface area contributed by atoms with Crippen LogP contribution in [0.5, 0.6) is 5.75 Å². The monoisotopic (exact) mass is 339 g/mol. The highest BCUT2D eigenvalue weighted by molar-refractivity contribution is 9.10. The van der Waals surface area contributed by atoms with Gasteiger partial charge in [-0.2, -0.15) is 0 Å². The number of ketones is 1. The number of carbonyl (C=O) groups is 1. The highest BCUT2D eigenvalue weighted by Crippen LogP contribution is 2.26. The lowest BCUT2D eigenvalue weighted by Crippen LogP contribution is -2.28. The molecule has 1 aromatic rings. The Bertz CT molecular complexity index is 456. The second-order valence-electron chi connectivity index (χ2n) is 5.42. The molecule has 0 unspecified atom stereocenters. The molecular weight excluding hydrogens is 318 g/mol. The third kappa shape index (κ3) is 4.60. The Balaban J connectivity index is 1.80. The predicted molar refractivity (Wildman–Crippen MR) is 84.2 cm³/mol. The molecule has 1 saturated heterocycles. The zero-order chi connectivity index (χ0) is 14.4. The Labute approximate surface area is 129 Å². The van der Waals surface area contributed by atoms with E-state index in [9.17, 15) is 4.79 Å². The maximum atomic E-state index is 12.1. The summed E-state index contributed by atoms with van der Waals surface area (Å²) in [6.45, 7) is 2.20. The van der Waals surface area contributed by atoms with Crippen LogP contribution in [0.4, 0.5) is 0 Å². The van der Waals surface area contributed by atoms with E-state index in [1.165, 1.54) is 12.8 Å². The van der Waals surface area contributed by atoms with Gasteiger partial charge in [-0.15, -0.1) is 0 Å². The van der Waals surface area contributed by atoms with Crippen LogP contribution >= 0.6 is 15.9 Å². The Hall–Kier alpha value is -0.870. The minimum absolute atomic E-state index is 0.334. The van der Waals surface area contributed by atoms with Crippen molar-refractivity contribution in [2.45, 2.75) is 32.1 Å². The number of nitrogens with one attached hydrogen (secondary N) is 1. The largest absolute Gasteiger partial charge is 0.496 e. The highest BCUT2D eigenvalue weighted by atomic mass is 79.9. The molecule has 2 rings (SSSR count). The Kier molecular flexibility index (Phi) is 6.05. The summed E-state index contributed by atoms with van der Waals surface area (Å²) in [7, 11) is 1.64. The first kappa shape index (κ1) is 15.5. The van der Waals surface area contributed by atoms with E-state index in [2.05, 4.69) is 21.2 Å². The maximum absolute atomic E-state index is 12.1.